The Bertz CT molecular complexity index is 883. The predicted molar refractivity (Wildman–Crippen MR) is 90.7 cm³/mol. The van der Waals surface area contributed by atoms with Crippen LogP contribution in [-0.2, 0) is 0 Å². The van der Waals surface area contributed by atoms with Crippen molar-refractivity contribution < 1.29 is 4.79 Å². The van der Waals surface area contributed by atoms with Crippen molar-refractivity contribution in [2.45, 2.75) is 25.7 Å². The quantitative estimate of drug-likeness (QED) is 0.787. The van der Waals surface area contributed by atoms with Gasteiger partial charge in [0.25, 0.3) is 5.91 Å². The molecule has 0 radical (unpaired) electrons. The molecule has 1 saturated heterocycles. The standard InChI is InChI=1S/C18H19N5O/c1-12-20-17(22-21-12)14-6-4-10-23(11-14)18(24)16-15-7-3-2-5-13(15)8-9-19-16/h2-3,5,7-9,14H,4,6,10-11H2,1H3,(H,20,21,22)/t14-/m1/s1. The second-order valence-electron chi connectivity index (χ2n) is 6.25. The number of fused-ring (bicyclic) bond motifs is 1. The number of nitrogens with zero attached hydrogens (tertiary/aromatic N) is 4. The van der Waals surface area contributed by atoms with Crippen LogP contribution in [0.3, 0.4) is 0 Å². The molecule has 0 spiro atoms. The monoisotopic (exact) mass is 321 g/mol. The molecule has 6 heteroatoms. The Morgan fingerprint density at radius 2 is 2.17 bits per heavy atom. The maximum atomic E-state index is 13.0. The highest BCUT2D eigenvalue weighted by molar-refractivity contribution is 6.05. The minimum absolute atomic E-state index is 0.0104. The van der Waals surface area contributed by atoms with E-state index in [1.807, 2.05) is 42.2 Å². The summed E-state index contributed by atoms with van der Waals surface area (Å²) in [6.07, 6.45) is 3.66. The molecule has 3 aromatic rings. The molecule has 6 nitrogen and oxygen atoms in total. The van der Waals surface area contributed by atoms with Gasteiger partial charge in [-0.3, -0.25) is 14.9 Å². The van der Waals surface area contributed by atoms with Gasteiger partial charge in [-0.1, -0.05) is 24.3 Å². The average molecular weight is 321 g/mol. The average Bonchev–Trinajstić information content (AvgIpc) is 3.07. The van der Waals surface area contributed by atoms with Gasteiger partial charge in [-0.25, -0.2) is 4.98 Å². The number of nitrogens with one attached hydrogen (secondary N) is 1. The Hall–Kier alpha value is -2.76. The van der Waals surface area contributed by atoms with E-state index < -0.39 is 0 Å². The Kier molecular flexibility index (Phi) is 3.72. The Morgan fingerprint density at radius 1 is 1.29 bits per heavy atom. The van der Waals surface area contributed by atoms with Crippen LogP contribution in [0.2, 0.25) is 0 Å². The summed E-state index contributed by atoms with van der Waals surface area (Å²) >= 11 is 0. The van der Waals surface area contributed by atoms with Gasteiger partial charge in [-0.15, -0.1) is 0 Å². The summed E-state index contributed by atoms with van der Waals surface area (Å²) in [6, 6.07) is 9.80. The van der Waals surface area contributed by atoms with E-state index in [1.165, 1.54) is 0 Å². The Labute approximate surface area is 139 Å². The largest absolute Gasteiger partial charge is 0.337 e. The molecular formula is C18H19N5O. The lowest BCUT2D eigenvalue weighted by Crippen LogP contribution is -2.39. The van der Waals surface area contributed by atoms with E-state index in [-0.39, 0.29) is 11.8 Å². The molecule has 1 atom stereocenters. The molecule has 0 bridgehead atoms. The minimum atomic E-state index is -0.0104. The molecule has 2 aromatic heterocycles. The topological polar surface area (TPSA) is 74.8 Å². The number of H-pyrrole nitrogens is 1. The van der Waals surface area contributed by atoms with Gasteiger partial charge in [0.15, 0.2) is 5.82 Å². The van der Waals surface area contributed by atoms with Crippen LogP contribution in [0.15, 0.2) is 36.5 Å². The lowest BCUT2D eigenvalue weighted by atomic mass is 9.96. The smallest absolute Gasteiger partial charge is 0.273 e. The predicted octanol–water partition coefficient (Wildman–Crippen LogP) is 2.68. The highest BCUT2D eigenvalue weighted by Crippen LogP contribution is 2.26. The van der Waals surface area contributed by atoms with Crippen molar-refractivity contribution >= 4 is 16.7 Å². The normalized spacial score (nSPS) is 18.0. The number of likely N-dealkylation sites (tertiary alicyclic amines) is 1. The van der Waals surface area contributed by atoms with Crippen LogP contribution in [0.1, 0.15) is 40.9 Å². The van der Waals surface area contributed by atoms with Crippen LogP contribution in [0.4, 0.5) is 0 Å². The number of piperidine rings is 1. The Balaban J connectivity index is 1.61. The molecule has 0 saturated carbocycles. The van der Waals surface area contributed by atoms with E-state index in [2.05, 4.69) is 20.2 Å². The van der Waals surface area contributed by atoms with Gasteiger partial charge in [0.05, 0.1) is 0 Å². The van der Waals surface area contributed by atoms with E-state index in [0.717, 1.165) is 41.8 Å². The lowest BCUT2D eigenvalue weighted by molar-refractivity contribution is 0.0701. The summed E-state index contributed by atoms with van der Waals surface area (Å²) in [5.41, 5.74) is 0.528. The fourth-order valence-electron chi connectivity index (χ4n) is 3.35. The molecule has 122 valence electrons. The maximum absolute atomic E-state index is 13.0. The number of amides is 1. The van der Waals surface area contributed by atoms with E-state index in [9.17, 15) is 4.79 Å². The molecular weight excluding hydrogens is 302 g/mol. The van der Waals surface area contributed by atoms with Crippen LogP contribution in [-0.4, -0.2) is 44.1 Å². The van der Waals surface area contributed by atoms with E-state index in [0.29, 0.717) is 12.2 Å². The van der Waals surface area contributed by atoms with Crippen molar-refractivity contribution in [3.8, 4) is 0 Å². The molecule has 1 aliphatic rings. The van der Waals surface area contributed by atoms with Crippen molar-refractivity contribution in [3.63, 3.8) is 0 Å². The summed E-state index contributed by atoms with van der Waals surface area (Å²) in [7, 11) is 0. The summed E-state index contributed by atoms with van der Waals surface area (Å²) in [5.74, 6) is 1.78. The fraction of sp³-hybridized carbons (Fsp3) is 0.333. The van der Waals surface area contributed by atoms with E-state index >= 15 is 0 Å². The van der Waals surface area contributed by atoms with Crippen LogP contribution in [0.25, 0.3) is 10.8 Å². The third-order valence-electron chi connectivity index (χ3n) is 4.56. The van der Waals surface area contributed by atoms with Crippen molar-refractivity contribution in [2.24, 2.45) is 0 Å². The SMILES string of the molecule is Cc1nc([C@@H]2CCCN(C(=O)c3nccc4ccccc34)C2)n[nH]1. The zero-order valence-electron chi connectivity index (χ0n) is 13.6. The highest BCUT2D eigenvalue weighted by Gasteiger charge is 2.28. The number of aromatic amines is 1. The molecule has 1 aliphatic heterocycles. The summed E-state index contributed by atoms with van der Waals surface area (Å²) in [6.45, 7) is 3.28. The zero-order chi connectivity index (χ0) is 16.5. The molecule has 1 fully saturated rings. The van der Waals surface area contributed by atoms with Gasteiger partial charge < -0.3 is 4.90 Å². The van der Waals surface area contributed by atoms with Gasteiger partial charge in [0.1, 0.15) is 11.5 Å². The van der Waals surface area contributed by atoms with Crippen LogP contribution in [0, 0.1) is 6.92 Å². The molecule has 4 rings (SSSR count). The van der Waals surface area contributed by atoms with Crippen LogP contribution in [0.5, 0.6) is 0 Å². The molecule has 3 heterocycles. The number of pyridine rings is 1. The van der Waals surface area contributed by atoms with Crippen molar-refractivity contribution in [3.05, 3.63) is 53.9 Å². The van der Waals surface area contributed by atoms with Crippen molar-refractivity contribution in [2.75, 3.05) is 13.1 Å². The second kappa shape index (κ2) is 6.03. The van der Waals surface area contributed by atoms with Crippen molar-refractivity contribution in [1.29, 1.82) is 0 Å². The first kappa shape index (κ1) is 14.8. The number of aryl methyl sites for hydroxylation is 1. The molecule has 1 N–H and O–H groups in total. The minimum Gasteiger partial charge on any atom is -0.337 e. The Morgan fingerprint density at radius 3 is 3.00 bits per heavy atom. The fourth-order valence-corrected chi connectivity index (χ4v) is 3.35. The molecule has 24 heavy (non-hydrogen) atoms. The molecule has 0 unspecified atom stereocenters. The van der Waals surface area contributed by atoms with Crippen LogP contribution < -0.4 is 0 Å². The number of carbonyl (C=O) groups is 1. The van der Waals surface area contributed by atoms with Gasteiger partial charge >= 0.3 is 0 Å². The first-order chi connectivity index (χ1) is 11.7. The van der Waals surface area contributed by atoms with Gasteiger partial charge in [0.2, 0.25) is 0 Å². The number of carbonyl (C=O) groups excluding carboxylic acids is 1. The van der Waals surface area contributed by atoms with E-state index in [1.54, 1.807) is 6.20 Å². The van der Waals surface area contributed by atoms with E-state index in [4.69, 9.17) is 0 Å². The summed E-state index contributed by atoms with van der Waals surface area (Å²) in [5, 5.41) is 9.09. The van der Waals surface area contributed by atoms with Crippen LogP contribution >= 0.6 is 0 Å². The third kappa shape index (κ3) is 2.64. The molecule has 1 amide bonds. The number of hydrogen-bond acceptors (Lipinski definition) is 4. The number of benzene rings is 1. The number of hydrogen-bond donors (Lipinski definition) is 1. The van der Waals surface area contributed by atoms with Gasteiger partial charge in [-0.2, -0.15) is 5.10 Å². The van der Waals surface area contributed by atoms with Gasteiger partial charge in [-0.05, 0) is 31.2 Å². The first-order valence-corrected chi connectivity index (χ1v) is 8.24. The summed E-state index contributed by atoms with van der Waals surface area (Å²) < 4.78 is 0. The highest BCUT2D eigenvalue weighted by atomic mass is 16.2. The van der Waals surface area contributed by atoms with Crippen molar-refractivity contribution in [1.82, 2.24) is 25.1 Å². The number of rotatable bonds is 2. The molecule has 1 aromatic carbocycles. The summed E-state index contributed by atoms with van der Waals surface area (Å²) in [4.78, 5) is 23.7. The maximum Gasteiger partial charge on any atom is 0.273 e. The first-order valence-electron chi connectivity index (χ1n) is 8.24. The zero-order valence-corrected chi connectivity index (χ0v) is 13.6. The lowest BCUT2D eigenvalue weighted by Gasteiger charge is -2.31. The number of aromatic nitrogens is 4. The third-order valence-corrected chi connectivity index (χ3v) is 4.56. The molecule has 0 aliphatic carbocycles. The van der Waals surface area contributed by atoms with Gasteiger partial charge in [0, 0.05) is 30.6 Å². The second-order valence-corrected chi connectivity index (χ2v) is 6.25.